The SMILES string of the molecule is C=CCCS(=O)(=O)NCC(C)(O)C(C)C. The molecule has 4 nitrogen and oxygen atoms in total. The molecule has 1 unspecified atom stereocenters. The van der Waals surface area contributed by atoms with Crippen LogP contribution in [-0.2, 0) is 10.0 Å². The lowest BCUT2D eigenvalue weighted by molar-refractivity contribution is 0.0190. The Hall–Kier alpha value is -0.390. The maximum absolute atomic E-state index is 11.4. The molecule has 0 bridgehead atoms. The van der Waals surface area contributed by atoms with Crippen LogP contribution in [0.1, 0.15) is 27.2 Å². The molecule has 0 aliphatic heterocycles. The Bertz CT molecular complexity index is 294. The molecule has 0 radical (unpaired) electrons. The van der Waals surface area contributed by atoms with Gasteiger partial charge in [0.05, 0.1) is 11.4 Å². The van der Waals surface area contributed by atoms with Crippen LogP contribution in [0, 0.1) is 5.92 Å². The van der Waals surface area contributed by atoms with Gasteiger partial charge in [0.15, 0.2) is 0 Å². The summed E-state index contributed by atoms with van der Waals surface area (Å²) in [5.74, 6) is 0.0182. The van der Waals surface area contributed by atoms with Crippen molar-refractivity contribution in [3.05, 3.63) is 12.7 Å². The van der Waals surface area contributed by atoms with E-state index in [1.54, 1.807) is 13.0 Å². The fourth-order valence-electron chi connectivity index (χ4n) is 0.771. The second-order valence-corrected chi connectivity index (χ2v) is 6.16. The first kappa shape index (κ1) is 14.6. The molecular weight excluding hydrogens is 214 g/mol. The summed E-state index contributed by atoms with van der Waals surface area (Å²) in [5.41, 5.74) is -1.01. The molecule has 5 heteroatoms. The molecule has 0 heterocycles. The Labute approximate surface area is 92.4 Å². The molecule has 0 aliphatic rings. The van der Waals surface area contributed by atoms with Crippen LogP contribution >= 0.6 is 0 Å². The zero-order chi connectivity index (χ0) is 12.1. The predicted molar refractivity (Wildman–Crippen MR) is 62.1 cm³/mol. The number of hydrogen-bond acceptors (Lipinski definition) is 3. The van der Waals surface area contributed by atoms with Gasteiger partial charge in [-0.3, -0.25) is 0 Å². The van der Waals surface area contributed by atoms with Gasteiger partial charge in [0.1, 0.15) is 0 Å². The Morgan fingerprint density at radius 3 is 2.47 bits per heavy atom. The van der Waals surface area contributed by atoms with E-state index in [-0.39, 0.29) is 18.2 Å². The number of rotatable bonds is 7. The van der Waals surface area contributed by atoms with Crippen LogP contribution in [0.2, 0.25) is 0 Å². The lowest BCUT2D eigenvalue weighted by Crippen LogP contribution is -2.44. The Morgan fingerprint density at radius 2 is 2.07 bits per heavy atom. The van der Waals surface area contributed by atoms with Gasteiger partial charge in [-0.2, -0.15) is 0 Å². The highest BCUT2D eigenvalue weighted by molar-refractivity contribution is 7.89. The molecule has 0 aromatic rings. The highest BCUT2D eigenvalue weighted by Gasteiger charge is 2.26. The molecule has 0 aromatic heterocycles. The zero-order valence-corrected chi connectivity index (χ0v) is 10.5. The molecule has 2 N–H and O–H groups in total. The van der Waals surface area contributed by atoms with Gasteiger partial charge in [-0.1, -0.05) is 19.9 Å². The quantitative estimate of drug-likeness (QED) is 0.644. The number of aliphatic hydroxyl groups is 1. The largest absolute Gasteiger partial charge is 0.389 e. The summed E-state index contributed by atoms with van der Waals surface area (Å²) in [6.45, 7) is 8.81. The van der Waals surface area contributed by atoms with E-state index in [4.69, 9.17) is 0 Å². The third-order valence-corrected chi connectivity index (χ3v) is 3.84. The summed E-state index contributed by atoms with van der Waals surface area (Å²) >= 11 is 0. The molecule has 0 amide bonds. The minimum atomic E-state index is -3.29. The van der Waals surface area contributed by atoms with Crippen molar-refractivity contribution < 1.29 is 13.5 Å². The molecule has 0 aromatic carbocycles. The Kier molecular flexibility index (Phi) is 5.48. The minimum Gasteiger partial charge on any atom is -0.389 e. The van der Waals surface area contributed by atoms with E-state index >= 15 is 0 Å². The monoisotopic (exact) mass is 235 g/mol. The van der Waals surface area contributed by atoms with Crippen molar-refractivity contribution in [3.63, 3.8) is 0 Å². The van der Waals surface area contributed by atoms with Crippen LogP contribution in [0.5, 0.6) is 0 Å². The van der Waals surface area contributed by atoms with E-state index in [0.29, 0.717) is 6.42 Å². The summed E-state index contributed by atoms with van der Waals surface area (Å²) in [7, 11) is -3.29. The fourth-order valence-corrected chi connectivity index (χ4v) is 1.90. The van der Waals surface area contributed by atoms with E-state index in [2.05, 4.69) is 11.3 Å². The molecule has 90 valence electrons. The fraction of sp³-hybridized carbons (Fsp3) is 0.800. The first-order valence-corrected chi connectivity index (χ1v) is 6.67. The van der Waals surface area contributed by atoms with Crippen molar-refractivity contribution in [3.8, 4) is 0 Å². The minimum absolute atomic E-state index is 0.000366. The highest BCUT2D eigenvalue weighted by atomic mass is 32.2. The lowest BCUT2D eigenvalue weighted by Gasteiger charge is -2.27. The smallest absolute Gasteiger partial charge is 0.211 e. The van der Waals surface area contributed by atoms with Crippen molar-refractivity contribution >= 4 is 10.0 Å². The molecule has 0 saturated heterocycles. The second kappa shape index (κ2) is 5.63. The third-order valence-electron chi connectivity index (χ3n) is 2.48. The standard InChI is InChI=1S/C10H21NO3S/c1-5-6-7-15(13,14)11-8-10(4,12)9(2)3/h5,9,11-12H,1,6-8H2,2-4H3. The van der Waals surface area contributed by atoms with Crippen molar-refractivity contribution in [2.75, 3.05) is 12.3 Å². The lowest BCUT2D eigenvalue weighted by atomic mass is 9.93. The number of sulfonamides is 1. The van der Waals surface area contributed by atoms with Crippen LogP contribution in [-0.4, -0.2) is 31.4 Å². The van der Waals surface area contributed by atoms with E-state index in [9.17, 15) is 13.5 Å². The zero-order valence-electron chi connectivity index (χ0n) is 9.66. The van der Waals surface area contributed by atoms with Crippen molar-refractivity contribution in [1.29, 1.82) is 0 Å². The van der Waals surface area contributed by atoms with Gasteiger partial charge < -0.3 is 5.11 Å². The van der Waals surface area contributed by atoms with E-state index in [1.165, 1.54) is 0 Å². The Morgan fingerprint density at radius 1 is 1.53 bits per heavy atom. The molecule has 0 saturated carbocycles. The molecule has 0 fully saturated rings. The maximum Gasteiger partial charge on any atom is 0.211 e. The van der Waals surface area contributed by atoms with Crippen LogP contribution in [0.15, 0.2) is 12.7 Å². The summed E-state index contributed by atoms with van der Waals surface area (Å²) in [5, 5.41) is 9.83. The summed E-state index contributed by atoms with van der Waals surface area (Å²) < 4.78 is 25.2. The molecular formula is C10H21NO3S. The van der Waals surface area contributed by atoms with Crippen LogP contribution in [0.4, 0.5) is 0 Å². The Balaban J connectivity index is 4.20. The van der Waals surface area contributed by atoms with Crippen LogP contribution < -0.4 is 4.72 Å². The summed E-state index contributed by atoms with van der Waals surface area (Å²) in [6, 6.07) is 0. The average molecular weight is 235 g/mol. The van der Waals surface area contributed by atoms with Gasteiger partial charge >= 0.3 is 0 Å². The van der Waals surface area contributed by atoms with Gasteiger partial charge in [-0.15, -0.1) is 6.58 Å². The topological polar surface area (TPSA) is 66.4 Å². The third kappa shape index (κ3) is 5.92. The number of nitrogens with one attached hydrogen (secondary N) is 1. The molecule has 15 heavy (non-hydrogen) atoms. The van der Waals surface area contributed by atoms with Crippen molar-refractivity contribution in [2.24, 2.45) is 5.92 Å². The van der Waals surface area contributed by atoms with Gasteiger partial charge in [-0.25, -0.2) is 13.1 Å². The van der Waals surface area contributed by atoms with Gasteiger partial charge in [0.2, 0.25) is 10.0 Å². The molecule has 0 spiro atoms. The first-order chi connectivity index (χ1) is 6.71. The second-order valence-electron chi connectivity index (χ2n) is 4.23. The van der Waals surface area contributed by atoms with Gasteiger partial charge in [-0.05, 0) is 19.3 Å². The molecule has 0 rings (SSSR count). The van der Waals surface area contributed by atoms with Crippen molar-refractivity contribution in [1.82, 2.24) is 4.72 Å². The van der Waals surface area contributed by atoms with Crippen molar-refractivity contribution in [2.45, 2.75) is 32.8 Å². The normalized spacial score (nSPS) is 16.3. The van der Waals surface area contributed by atoms with Crippen LogP contribution in [0.3, 0.4) is 0 Å². The number of allylic oxidation sites excluding steroid dienone is 1. The molecule has 1 atom stereocenters. The number of hydrogen-bond donors (Lipinski definition) is 2. The average Bonchev–Trinajstić information content (AvgIpc) is 2.12. The van der Waals surface area contributed by atoms with E-state index in [0.717, 1.165) is 0 Å². The predicted octanol–water partition coefficient (Wildman–Crippen LogP) is 0.889. The van der Waals surface area contributed by atoms with Crippen LogP contribution in [0.25, 0.3) is 0 Å². The van der Waals surface area contributed by atoms with Gasteiger partial charge in [0, 0.05) is 6.54 Å². The maximum atomic E-state index is 11.4. The molecule has 0 aliphatic carbocycles. The van der Waals surface area contributed by atoms with E-state index < -0.39 is 15.6 Å². The van der Waals surface area contributed by atoms with E-state index in [1.807, 2.05) is 13.8 Å². The first-order valence-electron chi connectivity index (χ1n) is 5.02. The van der Waals surface area contributed by atoms with Gasteiger partial charge in [0.25, 0.3) is 0 Å². The summed E-state index contributed by atoms with van der Waals surface area (Å²) in [4.78, 5) is 0. The highest BCUT2D eigenvalue weighted by Crippen LogP contribution is 2.14. The summed E-state index contributed by atoms with van der Waals surface area (Å²) in [6.07, 6.45) is 1.97.